The molecule has 2 N–H and O–H groups in total. The first-order valence-electron chi connectivity index (χ1n) is 7.14. The fourth-order valence-electron chi connectivity index (χ4n) is 2.99. The quantitative estimate of drug-likeness (QED) is 0.890. The molecule has 0 aliphatic carbocycles. The Labute approximate surface area is 115 Å². The highest BCUT2D eigenvalue weighted by molar-refractivity contribution is 5.21. The van der Waals surface area contributed by atoms with Gasteiger partial charge in [0, 0.05) is 37.9 Å². The van der Waals surface area contributed by atoms with Crippen LogP contribution in [0.15, 0.2) is 6.20 Å². The molecule has 2 heterocycles. The Bertz CT molecular complexity index is 418. The Balaban J connectivity index is 2.26. The van der Waals surface area contributed by atoms with Crippen molar-refractivity contribution < 1.29 is 4.74 Å². The van der Waals surface area contributed by atoms with Crippen LogP contribution in [0.3, 0.4) is 0 Å². The predicted molar refractivity (Wildman–Crippen MR) is 75.9 cm³/mol. The van der Waals surface area contributed by atoms with Crippen molar-refractivity contribution in [1.82, 2.24) is 14.7 Å². The van der Waals surface area contributed by atoms with Crippen molar-refractivity contribution in [2.75, 3.05) is 19.7 Å². The first-order chi connectivity index (χ1) is 9.06. The number of rotatable bonds is 4. The SMILES string of the molecule is CCC1COC(C)CN1C(CN)c1cn(C)nc1C. The summed E-state index contributed by atoms with van der Waals surface area (Å²) in [5, 5.41) is 4.45. The number of hydrogen-bond acceptors (Lipinski definition) is 4. The van der Waals surface area contributed by atoms with E-state index < -0.39 is 0 Å². The lowest BCUT2D eigenvalue weighted by atomic mass is 10.0. The summed E-state index contributed by atoms with van der Waals surface area (Å²) in [6.07, 6.45) is 3.45. The minimum Gasteiger partial charge on any atom is -0.376 e. The Morgan fingerprint density at radius 3 is 2.84 bits per heavy atom. The molecule has 0 saturated carbocycles. The molecule has 0 aromatic carbocycles. The minimum atomic E-state index is 0.241. The van der Waals surface area contributed by atoms with E-state index in [2.05, 4.69) is 37.0 Å². The highest BCUT2D eigenvalue weighted by Crippen LogP contribution is 2.28. The van der Waals surface area contributed by atoms with Gasteiger partial charge < -0.3 is 10.5 Å². The average molecular weight is 266 g/mol. The normalized spacial score (nSPS) is 26.6. The molecule has 1 aromatic rings. The summed E-state index contributed by atoms with van der Waals surface area (Å²) < 4.78 is 7.65. The second-order valence-corrected chi connectivity index (χ2v) is 5.50. The predicted octanol–water partition coefficient (Wildman–Crippen LogP) is 1.23. The van der Waals surface area contributed by atoms with Gasteiger partial charge in [0.05, 0.1) is 24.4 Å². The van der Waals surface area contributed by atoms with E-state index >= 15 is 0 Å². The van der Waals surface area contributed by atoms with Crippen molar-refractivity contribution in [3.05, 3.63) is 17.5 Å². The van der Waals surface area contributed by atoms with Crippen LogP contribution in [0.25, 0.3) is 0 Å². The molecular formula is C14H26N4O. The van der Waals surface area contributed by atoms with Gasteiger partial charge in [-0.05, 0) is 20.3 Å². The number of aromatic nitrogens is 2. The number of nitrogens with zero attached hydrogens (tertiary/aromatic N) is 3. The van der Waals surface area contributed by atoms with E-state index in [0.717, 1.165) is 25.3 Å². The van der Waals surface area contributed by atoms with E-state index in [-0.39, 0.29) is 12.1 Å². The van der Waals surface area contributed by atoms with Crippen LogP contribution in [0.1, 0.15) is 37.6 Å². The van der Waals surface area contributed by atoms with Gasteiger partial charge in [-0.15, -0.1) is 0 Å². The summed E-state index contributed by atoms with van der Waals surface area (Å²) >= 11 is 0. The molecular weight excluding hydrogens is 240 g/mol. The fourth-order valence-corrected chi connectivity index (χ4v) is 2.99. The maximum atomic E-state index is 6.06. The van der Waals surface area contributed by atoms with Crippen molar-refractivity contribution in [3.63, 3.8) is 0 Å². The van der Waals surface area contributed by atoms with Gasteiger partial charge >= 0.3 is 0 Å². The fraction of sp³-hybridized carbons (Fsp3) is 0.786. The molecule has 0 spiro atoms. The maximum Gasteiger partial charge on any atom is 0.0675 e. The Hall–Kier alpha value is -0.910. The zero-order valence-corrected chi connectivity index (χ0v) is 12.5. The molecule has 0 amide bonds. The third kappa shape index (κ3) is 2.99. The number of aryl methyl sites for hydroxylation is 2. The second kappa shape index (κ2) is 6.03. The zero-order chi connectivity index (χ0) is 14.0. The molecule has 0 radical (unpaired) electrons. The first kappa shape index (κ1) is 14.5. The Morgan fingerprint density at radius 1 is 1.58 bits per heavy atom. The summed E-state index contributed by atoms with van der Waals surface area (Å²) in [4.78, 5) is 2.50. The van der Waals surface area contributed by atoms with Crippen molar-refractivity contribution in [1.29, 1.82) is 0 Å². The van der Waals surface area contributed by atoms with Crippen molar-refractivity contribution in [2.45, 2.75) is 45.4 Å². The largest absolute Gasteiger partial charge is 0.376 e. The number of ether oxygens (including phenoxy) is 1. The zero-order valence-electron chi connectivity index (χ0n) is 12.5. The van der Waals surface area contributed by atoms with Gasteiger partial charge in [0.1, 0.15) is 0 Å². The van der Waals surface area contributed by atoms with Crippen LogP contribution < -0.4 is 5.73 Å². The monoisotopic (exact) mass is 266 g/mol. The molecule has 1 aliphatic rings. The average Bonchev–Trinajstić information content (AvgIpc) is 2.70. The van der Waals surface area contributed by atoms with Crippen LogP contribution in [-0.4, -0.2) is 46.5 Å². The standard InChI is InChI=1S/C14H26N4O/c1-5-12-9-19-10(2)7-18(12)14(6-15)13-8-17(4)16-11(13)3/h8,10,12,14H,5-7,9,15H2,1-4H3. The van der Waals surface area contributed by atoms with Crippen molar-refractivity contribution in [3.8, 4) is 0 Å². The first-order valence-corrected chi connectivity index (χ1v) is 7.14. The smallest absolute Gasteiger partial charge is 0.0675 e. The van der Waals surface area contributed by atoms with Crippen LogP contribution in [-0.2, 0) is 11.8 Å². The number of morpholine rings is 1. The summed E-state index contributed by atoms with van der Waals surface area (Å²) in [7, 11) is 1.96. The molecule has 2 rings (SSSR count). The third-order valence-electron chi connectivity index (χ3n) is 4.02. The third-order valence-corrected chi connectivity index (χ3v) is 4.02. The van der Waals surface area contributed by atoms with E-state index in [0.29, 0.717) is 12.6 Å². The lowest BCUT2D eigenvalue weighted by Crippen LogP contribution is -2.51. The summed E-state index contributed by atoms with van der Waals surface area (Å²) in [5.41, 5.74) is 8.38. The summed E-state index contributed by atoms with van der Waals surface area (Å²) in [5.74, 6) is 0. The van der Waals surface area contributed by atoms with Gasteiger partial charge in [-0.25, -0.2) is 0 Å². The molecule has 1 aromatic heterocycles. The van der Waals surface area contributed by atoms with Gasteiger partial charge in [0.25, 0.3) is 0 Å². The van der Waals surface area contributed by atoms with Gasteiger partial charge in [0.15, 0.2) is 0 Å². The van der Waals surface area contributed by atoms with Gasteiger partial charge in [0.2, 0.25) is 0 Å². The highest BCUT2D eigenvalue weighted by Gasteiger charge is 2.32. The molecule has 5 nitrogen and oxygen atoms in total. The molecule has 3 atom stereocenters. The van der Waals surface area contributed by atoms with Crippen LogP contribution in [0, 0.1) is 6.92 Å². The van der Waals surface area contributed by atoms with Crippen LogP contribution in [0.5, 0.6) is 0 Å². The Morgan fingerprint density at radius 2 is 2.32 bits per heavy atom. The van der Waals surface area contributed by atoms with E-state index in [4.69, 9.17) is 10.5 Å². The molecule has 3 unspecified atom stereocenters. The van der Waals surface area contributed by atoms with Crippen molar-refractivity contribution >= 4 is 0 Å². The van der Waals surface area contributed by atoms with Crippen molar-refractivity contribution in [2.24, 2.45) is 12.8 Å². The summed E-state index contributed by atoms with van der Waals surface area (Å²) in [6.45, 7) is 8.75. The summed E-state index contributed by atoms with van der Waals surface area (Å²) in [6, 6.07) is 0.689. The van der Waals surface area contributed by atoms with Gasteiger partial charge in [-0.1, -0.05) is 6.92 Å². The van der Waals surface area contributed by atoms with E-state index in [1.807, 2.05) is 11.7 Å². The van der Waals surface area contributed by atoms with Gasteiger partial charge in [-0.3, -0.25) is 9.58 Å². The molecule has 19 heavy (non-hydrogen) atoms. The molecule has 1 fully saturated rings. The maximum absolute atomic E-state index is 6.06. The van der Waals surface area contributed by atoms with E-state index in [1.165, 1.54) is 5.56 Å². The molecule has 108 valence electrons. The second-order valence-electron chi connectivity index (χ2n) is 5.50. The van der Waals surface area contributed by atoms with Crippen LogP contribution in [0.2, 0.25) is 0 Å². The van der Waals surface area contributed by atoms with E-state index in [9.17, 15) is 0 Å². The molecule has 0 bridgehead atoms. The van der Waals surface area contributed by atoms with E-state index in [1.54, 1.807) is 0 Å². The number of hydrogen-bond donors (Lipinski definition) is 1. The lowest BCUT2D eigenvalue weighted by molar-refractivity contribution is -0.0720. The Kier molecular flexibility index (Phi) is 4.60. The topological polar surface area (TPSA) is 56.3 Å². The lowest BCUT2D eigenvalue weighted by Gasteiger charge is -2.42. The molecule has 1 saturated heterocycles. The molecule has 5 heteroatoms. The number of nitrogens with two attached hydrogens (primary N) is 1. The highest BCUT2D eigenvalue weighted by atomic mass is 16.5. The van der Waals surface area contributed by atoms with Crippen LogP contribution in [0.4, 0.5) is 0 Å². The van der Waals surface area contributed by atoms with Crippen LogP contribution >= 0.6 is 0 Å². The van der Waals surface area contributed by atoms with Gasteiger partial charge in [-0.2, -0.15) is 5.10 Å². The minimum absolute atomic E-state index is 0.241. The molecule has 1 aliphatic heterocycles.